The number of allylic oxidation sites excluding steroid dienone is 1. The van der Waals surface area contributed by atoms with Gasteiger partial charge in [-0.15, -0.1) is 11.8 Å². The molecule has 1 aliphatic rings. The van der Waals surface area contributed by atoms with Crippen LogP contribution in [0.25, 0.3) is 4.91 Å². The van der Waals surface area contributed by atoms with Crippen LogP contribution >= 0.6 is 11.8 Å². The molecular formula is C10H9NO2S. The summed E-state index contributed by atoms with van der Waals surface area (Å²) in [6.07, 6.45) is 4.24. The molecule has 14 heavy (non-hydrogen) atoms. The lowest BCUT2D eigenvalue weighted by Gasteiger charge is -2.03. The van der Waals surface area contributed by atoms with Crippen LogP contribution in [0, 0.1) is 0 Å². The molecule has 0 saturated carbocycles. The van der Waals surface area contributed by atoms with Crippen molar-refractivity contribution < 1.29 is 9.90 Å². The predicted octanol–water partition coefficient (Wildman–Crippen LogP) is 2.01. The Bertz CT molecular complexity index is 375. The fourth-order valence-corrected chi connectivity index (χ4v) is 2.32. The lowest BCUT2D eigenvalue weighted by Crippen LogP contribution is -2.12. The molecule has 0 amide bonds. The summed E-state index contributed by atoms with van der Waals surface area (Å²) in [5.41, 5.74) is 0.862. The summed E-state index contributed by atoms with van der Waals surface area (Å²) in [7, 11) is 0. The van der Waals surface area contributed by atoms with E-state index in [1.807, 2.05) is 24.3 Å². The van der Waals surface area contributed by atoms with Gasteiger partial charge in [-0.25, -0.2) is 0 Å². The van der Waals surface area contributed by atoms with Gasteiger partial charge < -0.3 is 5.11 Å². The molecule has 0 spiro atoms. The Balaban J connectivity index is 2.13. The van der Waals surface area contributed by atoms with Crippen molar-refractivity contribution in [3.05, 3.63) is 36.2 Å². The number of pyridine rings is 1. The standard InChI is InChI=1S/C10H9NO2S/c12-10(13)9-5-4-8(14-9)7-3-1-2-6-11-7/h1-4,6,9H,5H2,(H,12,13). The fourth-order valence-electron chi connectivity index (χ4n) is 1.29. The van der Waals surface area contributed by atoms with E-state index in [9.17, 15) is 4.79 Å². The SMILES string of the molecule is O=C(O)C1CC=C(c2ccccn2)S1. The van der Waals surface area contributed by atoms with Gasteiger partial charge in [-0.3, -0.25) is 9.78 Å². The number of carbonyl (C=O) groups is 1. The van der Waals surface area contributed by atoms with Gasteiger partial charge in [0.15, 0.2) is 0 Å². The van der Waals surface area contributed by atoms with Gasteiger partial charge in [-0.2, -0.15) is 0 Å². The molecule has 1 aromatic rings. The number of nitrogens with zero attached hydrogens (tertiary/aromatic N) is 1. The highest BCUT2D eigenvalue weighted by molar-refractivity contribution is 8.09. The number of carboxylic acid groups (broad SMARTS) is 1. The van der Waals surface area contributed by atoms with Crippen LogP contribution in [-0.2, 0) is 4.79 Å². The van der Waals surface area contributed by atoms with Gasteiger partial charge in [0.05, 0.1) is 5.69 Å². The second kappa shape index (κ2) is 3.84. The Kier molecular flexibility index (Phi) is 2.54. The molecule has 1 unspecified atom stereocenters. The quantitative estimate of drug-likeness (QED) is 0.806. The zero-order chi connectivity index (χ0) is 9.97. The van der Waals surface area contributed by atoms with Crippen molar-refractivity contribution in [2.24, 2.45) is 0 Å². The van der Waals surface area contributed by atoms with Crippen LogP contribution in [0.15, 0.2) is 30.5 Å². The lowest BCUT2D eigenvalue weighted by molar-refractivity contribution is -0.136. The number of hydrogen-bond donors (Lipinski definition) is 1. The Morgan fingerprint density at radius 1 is 1.57 bits per heavy atom. The van der Waals surface area contributed by atoms with E-state index in [0.29, 0.717) is 6.42 Å². The molecule has 1 N–H and O–H groups in total. The molecule has 0 aromatic carbocycles. The molecular weight excluding hydrogens is 198 g/mol. The zero-order valence-corrected chi connectivity index (χ0v) is 8.20. The first-order valence-corrected chi connectivity index (χ1v) is 5.16. The maximum absolute atomic E-state index is 10.7. The van der Waals surface area contributed by atoms with E-state index >= 15 is 0 Å². The van der Waals surface area contributed by atoms with Gasteiger partial charge in [0.25, 0.3) is 0 Å². The van der Waals surface area contributed by atoms with Gasteiger partial charge in [-0.1, -0.05) is 12.1 Å². The van der Waals surface area contributed by atoms with Crippen LogP contribution in [0.5, 0.6) is 0 Å². The molecule has 0 bridgehead atoms. The summed E-state index contributed by atoms with van der Waals surface area (Å²) in [6.45, 7) is 0. The Labute approximate surface area is 85.9 Å². The summed E-state index contributed by atoms with van der Waals surface area (Å²) in [5, 5.41) is 8.46. The van der Waals surface area contributed by atoms with Gasteiger partial charge in [0.1, 0.15) is 5.25 Å². The molecule has 0 aliphatic carbocycles. The van der Waals surface area contributed by atoms with Crippen molar-refractivity contribution in [1.29, 1.82) is 0 Å². The summed E-state index contributed by atoms with van der Waals surface area (Å²) in [6, 6.07) is 5.64. The van der Waals surface area contributed by atoms with Gasteiger partial charge in [0, 0.05) is 11.1 Å². The number of thioether (sulfide) groups is 1. The highest BCUT2D eigenvalue weighted by atomic mass is 32.2. The van der Waals surface area contributed by atoms with Crippen molar-refractivity contribution in [1.82, 2.24) is 4.98 Å². The average molecular weight is 207 g/mol. The summed E-state index contributed by atoms with van der Waals surface area (Å²) in [5.74, 6) is -0.753. The molecule has 1 atom stereocenters. The van der Waals surface area contributed by atoms with E-state index in [-0.39, 0.29) is 5.25 Å². The molecule has 0 radical (unpaired) electrons. The first-order valence-electron chi connectivity index (χ1n) is 4.28. The summed E-state index contributed by atoms with van der Waals surface area (Å²) >= 11 is 1.37. The fraction of sp³-hybridized carbons (Fsp3) is 0.200. The van der Waals surface area contributed by atoms with E-state index < -0.39 is 5.97 Å². The molecule has 2 heterocycles. The van der Waals surface area contributed by atoms with Crippen LogP contribution in [0.1, 0.15) is 12.1 Å². The lowest BCUT2D eigenvalue weighted by atomic mass is 10.2. The average Bonchev–Trinajstić information content (AvgIpc) is 2.68. The van der Waals surface area contributed by atoms with Crippen molar-refractivity contribution in [2.45, 2.75) is 11.7 Å². The van der Waals surface area contributed by atoms with E-state index in [4.69, 9.17) is 5.11 Å². The van der Waals surface area contributed by atoms with E-state index in [1.54, 1.807) is 6.20 Å². The predicted molar refractivity (Wildman–Crippen MR) is 55.8 cm³/mol. The minimum absolute atomic E-state index is 0.341. The van der Waals surface area contributed by atoms with E-state index in [2.05, 4.69) is 4.98 Å². The van der Waals surface area contributed by atoms with Gasteiger partial charge in [-0.05, 0) is 18.6 Å². The number of aliphatic carboxylic acids is 1. The Hall–Kier alpha value is -1.29. The minimum Gasteiger partial charge on any atom is -0.480 e. The topological polar surface area (TPSA) is 50.2 Å². The number of carboxylic acids is 1. The van der Waals surface area contributed by atoms with Gasteiger partial charge >= 0.3 is 5.97 Å². The first-order chi connectivity index (χ1) is 6.77. The number of aromatic nitrogens is 1. The van der Waals surface area contributed by atoms with Crippen LogP contribution in [0.3, 0.4) is 0 Å². The third-order valence-corrected chi connectivity index (χ3v) is 3.29. The number of hydrogen-bond acceptors (Lipinski definition) is 3. The van der Waals surface area contributed by atoms with Crippen molar-refractivity contribution in [3.8, 4) is 0 Å². The normalized spacial score (nSPS) is 20.6. The molecule has 0 fully saturated rings. The summed E-state index contributed by atoms with van der Waals surface area (Å²) in [4.78, 5) is 15.8. The van der Waals surface area contributed by atoms with Crippen molar-refractivity contribution >= 4 is 22.6 Å². The molecule has 4 heteroatoms. The monoisotopic (exact) mass is 207 g/mol. The van der Waals surface area contributed by atoms with Crippen molar-refractivity contribution in [2.75, 3.05) is 0 Å². The third-order valence-electron chi connectivity index (χ3n) is 1.98. The van der Waals surface area contributed by atoms with Crippen molar-refractivity contribution in [3.63, 3.8) is 0 Å². The maximum atomic E-state index is 10.7. The summed E-state index contributed by atoms with van der Waals surface area (Å²) < 4.78 is 0. The minimum atomic E-state index is -0.753. The Morgan fingerprint density at radius 2 is 2.43 bits per heavy atom. The molecule has 0 saturated heterocycles. The highest BCUT2D eigenvalue weighted by Gasteiger charge is 2.25. The van der Waals surface area contributed by atoms with E-state index in [1.165, 1.54) is 11.8 Å². The largest absolute Gasteiger partial charge is 0.480 e. The second-order valence-electron chi connectivity index (χ2n) is 2.96. The smallest absolute Gasteiger partial charge is 0.317 e. The molecule has 72 valence electrons. The van der Waals surface area contributed by atoms with Gasteiger partial charge in [0.2, 0.25) is 0 Å². The molecule has 1 aromatic heterocycles. The van der Waals surface area contributed by atoms with E-state index in [0.717, 1.165) is 10.6 Å². The van der Waals surface area contributed by atoms with Crippen LogP contribution < -0.4 is 0 Å². The number of rotatable bonds is 2. The maximum Gasteiger partial charge on any atom is 0.317 e. The first kappa shape index (κ1) is 9.27. The van der Waals surface area contributed by atoms with Crippen LogP contribution in [-0.4, -0.2) is 21.3 Å². The third kappa shape index (κ3) is 1.80. The Morgan fingerprint density at radius 3 is 3.00 bits per heavy atom. The second-order valence-corrected chi connectivity index (χ2v) is 4.21. The molecule has 2 rings (SSSR count). The molecule has 3 nitrogen and oxygen atoms in total. The molecule has 1 aliphatic heterocycles. The highest BCUT2D eigenvalue weighted by Crippen LogP contribution is 2.38. The van der Waals surface area contributed by atoms with Crippen LogP contribution in [0.2, 0.25) is 0 Å². The zero-order valence-electron chi connectivity index (χ0n) is 7.38. The van der Waals surface area contributed by atoms with Crippen LogP contribution in [0.4, 0.5) is 0 Å².